The van der Waals surface area contributed by atoms with Crippen molar-refractivity contribution >= 4 is 34.2 Å². The third kappa shape index (κ3) is 4.51. The standard InChI is InChI=1S/C23H23ClN4O4/c1-32-23(31)21(15-6-8-16(24)9-7-15)28-12-10-27(11-13-28)20(29)14-19-17-4-2-3-5-18(17)22(30)26-25-19/h2-9,21H,10-14H2,1H3,(H,26,30). The zero-order valence-corrected chi connectivity index (χ0v) is 18.3. The van der Waals surface area contributed by atoms with Crippen LogP contribution in [-0.4, -0.2) is 65.2 Å². The summed E-state index contributed by atoms with van der Waals surface area (Å²) in [5.74, 6) is -0.425. The number of nitrogens with one attached hydrogen (secondary N) is 1. The average Bonchev–Trinajstić information content (AvgIpc) is 2.82. The van der Waals surface area contributed by atoms with Crippen molar-refractivity contribution in [2.75, 3.05) is 33.3 Å². The number of hydrogen-bond donors (Lipinski definition) is 1. The van der Waals surface area contributed by atoms with Gasteiger partial charge in [0.1, 0.15) is 6.04 Å². The molecule has 166 valence electrons. The van der Waals surface area contributed by atoms with Crippen LogP contribution in [0.4, 0.5) is 0 Å². The highest BCUT2D eigenvalue weighted by Gasteiger charge is 2.32. The van der Waals surface area contributed by atoms with Gasteiger partial charge in [-0.3, -0.25) is 14.5 Å². The van der Waals surface area contributed by atoms with Crippen LogP contribution in [0.1, 0.15) is 17.3 Å². The Morgan fingerprint density at radius 2 is 1.72 bits per heavy atom. The van der Waals surface area contributed by atoms with Crippen LogP contribution in [-0.2, 0) is 20.7 Å². The lowest BCUT2D eigenvalue weighted by Gasteiger charge is -2.38. The number of benzene rings is 2. The molecule has 1 aliphatic rings. The zero-order valence-electron chi connectivity index (χ0n) is 17.6. The summed E-state index contributed by atoms with van der Waals surface area (Å²) in [4.78, 5) is 41.2. The number of ether oxygens (including phenoxy) is 1. The number of aromatic amines is 1. The highest BCUT2D eigenvalue weighted by Crippen LogP contribution is 2.25. The molecule has 4 rings (SSSR count). The Morgan fingerprint density at radius 1 is 1.06 bits per heavy atom. The number of hydrogen-bond acceptors (Lipinski definition) is 6. The van der Waals surface area contributed by atoms with Gasteiger partial charge in [-0.2, -0.15) is 5.10 Å². The van der Waals surface area contributed by atoms with Gasteiger partial charge < -0.3 is 9.64 Å². The van der Waals surface area contributed by atoms with Gasteiger partial charge in [-0.25, -0.2) is 9.89 Å². The van der Waals surface area contributed by atoms with Gasteiger partial charge >= 0.3 is 5.97 Å². The minimum Gasteiger partial charge on any atom is -0.468 e. The molecule has 1 fully saturated rings. The minimum atomic E-state index is -0.556. The molecule has 32 heavy (non-hydrogen) atoms. The van der Waals surface area contributed by atoms with Crippen LogP contribution < -0.4 is 5.56 Å². The third-order valence-electron chi connectivity index (χ3n) is 5.74. The normalized spacial score (nSPS) is 15.5. The summed E-state index contributed by atoms with van der Waals surface area (Å²) >= 11 is 5.98. The Bertz CT molecular complexity index is 1190. The van der Waals surface area contributed by atoms with Crippen LogP contribution in [0, 0.1) is 0 Å². The largest absolute Gasteiger partial charge is 0.468 e. The third-order valence-corrected chi connectivity index (χ3v) is 5.99. The molecule has 1 atom stereocenters. The lowest BCUT2D eigenvalue weighted by molar-refractivity contribution is -0.148. The molecule has 0 aliphatic carbocycles. The first kappa shape index (κ1) is 22.0. The predicted molar refractivity (Wildman–Crippen MR) is 120 cm³/mol. The molecule has 0 bridgehead atoms. The van der Waals surface area contributed by atoms with E-state index in [-0.39, 0.29) is 23.9 Å². The number of carbonyl (C=O) groups excluding carboxylic acids is 2. The van der Waals surface area contributed by atoms with E-state index < -0.39 is 6.04 Å². The monoisotopic (exact) mass is 454 g/mol. The fraction of sp³-hybridized carbons (Fsp3) is 0.304. The van der Waals surface area contributed by atoms with Crippen molar-refractivity contribution in [2.45, 2.75) is 12.5 Å². The number of methoxy groups -OCH3 is 1. The molecule has 0 radical (unpaired) electrons. The molecule has 9 heteroatoms. The summed E-state index contributed by atoms with van der Waals surface area (Å²) in [6.45, 7) is 1.99. The summed E-state index contributed by atoms with van der Waals surface area (Å²) in [7, 11) is 1.37. The smallest absolute Gasteiger partial charge is 0.327 e. The Kier molecular flexibility index (Phi) is 6.53. The predicted octanol–water partition coefficient (Wildman–Crippen LogP) is 2.18. The van der Waals surface area contributed by atoms with Crippen LogP contribution >= 0.6 is 11.6 Å². The maximum Gasteiger partial charge on any atom is 0.327 e. The van der Waals surface area contributed by atoms with Crippen molar-refractivity contribution in [1.82, 2.24) is 20.0 Å². The number of aromatic nitrogens is 2. The summed E-state index contributed by atoms with van der Waals surface area (Å²) in [6.07, 6.45) is 0.0922. The van der Waals surface area contributed by atoms with E-state index in [2.05, 4.69) is 10.2 Å². The van der Waals surface area contributed by atoms with E-state index in [0.29, 0.717) is 47.7 Å². The molecule has 2 heterocycles. The van der Waals surface area contributed by atoms with Gasteiger partial charge in [-0.1, -0.05) is 41.9 Å². The highest BCUT2D eigenvalue weighted by atomic mass is 35.5. The van der Waals surface area contributed by atoms with Crippen LogP contribution in [0.5, 0.6) is 0 Å². The first-order valence-electron chi connectivity index (χ1n) is 10.3. The number of carbonyl (C=O) groups is 2. The Morgan fingerprint density at radius 3 is 2.38 bits per heavy atom. The second-order valence-corrected chi connectivity index (χ2v) is 8.05. The van der Waals surface area contributed by atoms with E-state index in [0.717, 1.165) is 5.56 Å². The van der Waals surface area contributed by atoms with Gasteiger partial charge in [0.2, 0.25) is 5.91 Å². The second-order valence-electron chi connectivity index (χ2n) is 7.62. The van der Waals surface area contributed by atoms with E-state index in [1.165, 1.54) is 7.11 Å². The lowest BCUT2D eigenvalue weighted by atomic mass is 10.0. The first-order valence-corrected chi connectivity index (χ1v) is 10.7. The van der Waals surface area contributed by atoms with Gasteiger partial charge in [-0.15, -0.1) is 0 Å². The number of halogens is 1. The number of esters is 1. The van der Waals surface area contributed by atoms with Crippen molar-refractivity contribution in [2.24, 2.45) is 0 Å². The van der Waals surface area contributed by atoms with E-state index in [4.69, 9.17) is 16.3 Å². The van der Waals surface area contributed by atoms with Gasteiger partial charge in [0.25, 0.3) is 5.56 Å². The van der Waals surface area contributed by atoms with Crippen molar-refractivity contribution in [3.05, 3.63) is 75.2 Å². The number of rotatable bonds is 5. The Hall–Kier alpha value is -3.23. The van der Waals surface area contributed by atoms with Crippen LogP contribution in [0.3, 0.4) is 0 Å². The van der Waals surface area contributed by atoms with Gasteiger partial charge in [0.05, 0.1) is 24.6 Å². The van der Waals surface area contributed by atoms with E-state index in [1.807, 2.05) is 23.1 Å². The first-order chi connectivity index (χ1) is 15.5. The number of H-pyrrole nitrogens is 1. The molecular weight excluding hydrogens is 432 g/mol. The molecular formula is C23H23ClN4O4. The van der Waals surface area contributed by atoms with Gasteiger partial charge in [0, 0.05) is 36.6 Å². The molecule has 1 aromatic heterocycles. The number of fused-ring (bicyclic) bond motifs is 1. The summed E-state index contributed by atoms with van der Waals surface area (Å²) in [5, 5.41) is 8.35. The summed E-state index contributed by atoms with van der Waals surface area (Å²) in [5.41, 5.74) is 1.06. The molecule has 1 aliphatic heterocycles. The van der Waals surface area contributed by atoms with Gasteiger partial charge in [-0.05, 0) is 23.8 Å². The fourth-order valence-electron chi connectivity index (χ4n) is 4.04. The van der Waals surface area contributed by atoms with Crippen LogP contribution in [0.2, 0.25) is 5.02 Å². The highest BCUT2D eigenvalue weighted by molar-refractivity contribution is 6.30. The van der Waals surface area contributed by atoms with Crippen molar-refractivity contribution in [3.63, 3.8) is 0 Å². The molecule has 2 aromatic carbocycles. The topological polar surface area (TPSA) is 95.6 Å². The number of amides is 1. The molecule has 1 unspecified atom stereocenters. The Labute approximate surface area is 189 Å². The molecule has 3 aromatic rings. The average molecular weight is 455 g/mol. The van der Waals surface area contributed by atoms with E-state index >= 15 is 0 Å². The minimum absolute atomic E-state index is 0.0736. The maximum absolute atomic E-state index is 12.9. The number of piperazine rings is 1. The van der Waals surface area contributed by atoms with Crippen molar-refractivity contribution in [3.8, 4) is 0 Å². The lowest BCUT2D eigenvalue weighted by Crippen LogP contribution is -2.51. The Balaban J connectivity index is 1.45. The summed E-state index contributed by atoms with van der Waals surface area (Å²) < 4.78 is 5.02. The van der Waals surface area contributed by atoms with Gasteiger partial charge in [0.15, 0.2) is 0 Å². The molecule has 1 N–H and O–H groups in total. The fourth-order valence-corrected chi connectivity index (χ4v) is 4.17. The molecule has 0 spiro atoms. The van der Waals surface area contributed by atoms with Crippen molar-refractivity contribution < 1.29 is 14.3 Å². The summed E-state index contributed by atoms with van der Waals surface area (Å²) in [6, 6.07) is 13.7. The van der Waals surface area contributed by atoms with Crippen molar-refractivity contribution in [1.29, 1.82) is 0 Å². The number of nitrogens with zero attached hydrogens (tertiary/aromatic N) is 3. The second kappa shape index (κ2) is 9.50. The quantitative estimate of drug-likeness (QED) is 0.594. The van der Waals surface area contributed by atoms with Crippen LogP contribution in [0.15, 0.2) is 53.3 Å². The molecule has 8 nitrogen and oxygen atoms in total. The molecule has 1 amide bonds. The molecule has 1 saturated heterocycles. The van der Waals surface area contributed by atoms with E-state index in [1.54, 1.807) is 35.2 Å². The zero-order chi connectivity index (χ0) is 22.7. The maximum atomic E-state index is 12.9. The molecule has 0 saturated carbocycles. The van der Waals surface area contributed by atoms with Crippen LogP contribution in [0.25, 0.3) is 10.8 Å². The SMILES string of the molecule is COC(=O)C(c1ccc(Cl)cc1)N1CCN(C(=O)Cc2n[nH]c(=O)c3ccccc23)CC1. The van der Waals surface area contributed by atoms with E-state index in [9.17, 15) is 14.4 Å².